The highest BCUT2D eigenvalue weighted by Gasteiger charge is 2.54. The van der Waals surface area contributed by atoms with Crippen LogP contribution in [0.3, 0.4) is 0 Å². The van der Waals surface area contributed by atoms with E-state index in [0.717, 1.165) is 43.3 Å². The van der Waals surface area contributed by atoms with Gasteiger partial charge in [-0.05, 0) is 37.0 Å². The van der Waals surface area contributed by atoms with E-state index >= 15 is 0 Å². The molecule has 3 nitrogen and oxygen atoms in total. The molecule has 2 aliphatic rings. The third kappa shape index (κ3) is 1.51. The zero-order valence-electron chi connectivity index (χ0n) is 10.8. The van der Waals surface area contributed by atoms with Crippen molar-refractivity contribution in [3.63, 3.8) is 0 Å². The van der Waals surface area contributed by atoms with Gasteiger partial charge in [-0.2, -0.15) is 0 Å². The van der Waals surface area contributed by atoms with Crippen molar-refractivity contribution in [2.75, 3.05) is 13.1 Å². The van der Waals surface area contributed by atoms with Crippen LogP contribution in [0.2, 0.25) is 0 Å². The number of nitrogens with zero attached hydrogens (tertiary/aromatic N) is 2. The Morgan fingerprint density at radius 2 is 1.95 bits per heavy atom. The predicted molar refractivity (Wildman–Crippen MR) is 73.9 cm³/mol. The van der Waals surface area contributed by atoms with Gasteiger partial charge in [0.05, 0.1) is 10.9 Å². The Morgan fingerprint density at radius 3 is 2.63 bits per heavy atom. The Kier molecular flexibility index (Phi) is 2.19. The minimum atomic E-state index is -0.247. The number of rotatable bonds is 2. The molecule has 0 spiro atoms. The van der Waals surface area contributed by atoms with E-state index in [2.05, 4.69) is 11.1 Å². The standard InChI is InChI=1S/C16H16N2O/c19-15(18-10-3-11-18)16(7-8-16)13-6-9-17-14-5-2-1-4-12(13)14/h1-2,4-6,9H,3,7-8,10-11H2. The first-order valence-electron chi connectivity index (χ1n) is 6.95. The van der Waals surface area contributed by atoms with Crippen LogP contribution in [-0.2, 0) is 10.2 Å². The van der Waals surface area contributed by atoms with Crippen molar-refractivity contribution in [2.24, 2.45) is 0 Å². The smallest absolute Gasteiger partial charge is 0.233 e. The Bertz CT molecular complexity index is 651. The number of para-hydroxylation sites is 1. The average Bonchev–Trinajstić information content (AvgIpc) is 3.17. The van der Waals surface area contributed by atoms with Gasteiger partial charge in [-0.3, -0.25) is 9.78 Å². The highest BCUT2D eigenvalue weighted by Crippen LogP contribution is 2.51. The van der Waals surface area contributed by atoms with Crippen molar-refractivity contribution in [1.29, 1.82) is 0 Å². The maximum atomic E-state index is 12.7. The number of hydrogen-bond acceptors (Lipinski definition) is 2. The van der Waals surface area contributed by atoms with Crippen molar-refractivity contribution in [3.8, 4) is 0 Å². The van der Waals surface area contributed by atoms with Gasteiger partial charge in [0.25, 0.3) is 0 Å². The molecule has 3 heteroatoms. The van der Waals surface area contributed by atoms with Crippen molar-refractivity contribution in [2.45, 2.75) is 24.7 Å². The highest BCUT2D eigenvalue weighted by molar-refractivity contribution is 5.97. The van der Waals surface area contributed by atoms with E-state index in [4.69, 9.17) is 0 Å². The second kappa shape index (κ2) is 3.80. The van der Waals surface area contributed by atoms with E-state index in [0.29, 0.717) is 5.91 Å². The zero-order chi connectivity index (χ0) is 12.9. The van der Waals surface area contributed by atoms with Crippen LogP contribution in [0.1, 0.15) is 24.8 Å². The molecule has 1 saturated heterocycles. The van der Waals surface area contributed by atoms with Crippen LogP contribution in [-0.4, -0.2) is 28.9 Å². The van der Waals surface area contributed by atoms with E-state index in [-0.39, 0.29) is 5.41 Å². The maximum Gasteiger partial charge on any atom is 0.233 e. The number of likely N-dealkylation sites (tertiary alicyclic amines) is 1. The molecular formula is C16H16N2O. The van der Waals surface area contributed by atoms with E-state index < -0.39 is 0 Å². The largest absolute Gasteiger partial charge is 0.342 e. The fourth-order valence-corrected chi connectivity index (χ4v) is 3.06. The zero-order valence-corrected chi connectivity index (χ0v) is 10.8. The first kappa shape index (κ1) is 11.0. The van der Waals surface area contributed by atoms with Crippen molar-refractivity contribution in [3.05, 3.63) is 42.1 Å². The van der Waals surface area contributed by atoms with E-state index in [1.54, 1.807) is 0 Å². The normalized spacial score (nSPS) is 20.1. The van der Waals surface area contributed by atoms with Crippen LogP contribution in [0.15, 0.2) is 36.5 Å². The summed E-state index contributed by atoms with van der Waals surface area (Å²) in [6, 6.07) is 10.2. The van der Waals surface area contributed by atoms with Gasteiger partial charge in [-0.25, -0.2) is 0 Å². The van der Waals surface area contributed by atoms with Crippen LogP contribution >= 0.6 is 0 Å². The first-order valence-corrected chi connectivity index (χ1v) is 6.95. The fourth-order valence-electron chi connectivity index (χ4n) is 3.06. The molecule has 1 aromatic carbocycles. The maximum absolute atomic E-state index is 12.7. The molecule has 19 heavy (non-hydrogen) atoms. The molecular weight excluding hydrogens is 236 g/mol. The predicted octanol–water partition coefficient (Wildman–Crippen LogP) is 2.50. The summed E-state index contributed by atoms with van der Waals surface area (Å²) in [5, 5.41) is 1.14. The van der Waals surface area contributed by atoms with E-state index in [9.17, 15) is 4.79 Å². The molecule has 2 fully saturated rings. The van der Waals surface area contributed by atoms with Crippen molar-refractivity contribution in [1.82, 2.24) is 9.88 Å². The summed E-state index contributed by atoms with van der Waals surface area (Å²) >= 11 is 0. The molecule has 0 bridgehead atoms. The summed E-state index contributed by atoms with van der Waals surface area (Å²) in [4.78, 5) is 19.1. The van der Waals surface area contributed by atoms with E-state index in [1.807, 2.05) is 35.4 Å². The summed E-state index contributed by atoms with van der Waals surface area (Å²) in [6.45, 7) is 1.87. The van der Waals surface area contributed by atoms with Gasteiger partial charge < -0.3 is 4.90 Å². The number of fused-ring (bicyclic) bond motifs is 1. The molecule has 0 radical (unpaired) electrons. The minimum Gasteiger partial charge on any atom is -0.342 e. The summed E-state index contributed by atoms with van der Waals surface area (Å²) in [5.74, 6) is 0.329. The number of carbonyl (C=O) groups is 1. The van der Waals surface area contributed by atoms with E-state index in [1.165, 1.54) is 5.56 Å². The second-order valence-electron chi connectivity index (χ2n) is 5.60. The summed E-state index contributed by atoms with van der Waals surface area (Å²) in [7, 11) is 0. The molecule has 1 aromatic heterocycles. The van der Waals surface area contributed by atoms with Gasteiger partial charge in [0.2, 0.25) is 5.91 Å². The Hall–Kier alpha value is -1.90. The fraction of sp³-hybridized carbons (Fsp3) is 0.375. The lowest BCUT2D eigenvalue weighted by atomic mass is 9.90. The topological polar surface area (TPSA) is 33.2 Å². The Labute approximate surface area is 112 Å². The number of hydrogen-bond donors (Lipinski definition) is 0. The van der Waals surface area contributed by atoms with Crippen LogP contribution < -0.4 is 0 Å². The molecule has 4 rings (SSSR count). The Balaban J connectivity index is 1.83. The summed E-state index contributed by atoms with van der Waals surface area (Å²) in [6.07, 6.45) is 4.95. The average molecular weight is 252 g/mol. The second-order valence-corrected chi connectivity index (χ2v) is 5.60. The van der Waals surface area contributed by atoms with Crippen LogP contribution in [0.5, 0.6) is 0 Å². The molecule has 1 amide bonds. The minimum absolute atomic E-state index is 0.247. The first-order chi connectivity index (χ1) is 9.31. The Morgan fingerprint density at radius 1 is 1.16 bits per heavy atom. The quantitative estimate of drug-likeness (QED) is 0.822. The van der Waals surface area contributed by atoms with Crippen LogP contribution in [0.4, 0.5) is 0 Å². The third-order valence-electron chi connectivity index (χ3n) is 4.47. The highest BCUT2D eigenvalue weighted by atomic mass is 16.2. The van der Waals surface area contributed by atoms with Gasteiger partial charge in [-0.1, -0.05) is 18.2 Å². The van der Waals surface area contributed by atoms with Crippen molar-refractivity contribution < 1.29 is 4.79 Å². The molecule has 2 heterocycles. The number of aromatic nitrogens is 1. The monoisotopic (exact) mass is 252 g/mol. The SMILES string of the molecule is O=C(N1CCC1)C1(c2ccnc3ccccc23)CC1. The number of pyridine rings is 1. The molecule has 2 aromatic rings. The molecule has 96 valence electrons. The lowest BCUT2D eigenvalue weighted by molar-refractivity contribution is -0.137. The third-order valence-corrected chi connectivity index (χ3v) is 4.47. The lowest BCUT2D eigenvalue weighted by Crippen LogP contribution is -2.47. The van der Waals surface area contributed by atoms with Gasteiger partial charge >= 0.3 is 0 Å². The molecule has 0 atom stereocenters. The molecule has 1 aliphatic heterocycles. The van der Waals surface area contributed by atoms with Gasteiger partial charge in [0, 0.05) is 24.7 Å². The van der Waals surface area contributed by atoms with Gasteiger partial charge in [0.1, 0.15) is 0 Å². The molecule has 0 unspecified atom stereocenters. The van der Waals surface area contributed by atoms with Crippen LogP contribution in [0, 0.1) is 0 Å². The number of carbonyl (C=O) groups excluding carboxylic acids is 1. The molecule has 1 aliphatic carbocycles. The van der Waals surface area contributed by atoms with Crippen LogP contribution in [0.25, 0.3) is 10.9 Å². The van der Waals surface area contributed by atoms with Gasteiger partial charge in [-0.15, -0.1) is 0 Å². The summed E-state index contributed by atoms with van der Waals surface area (Å²) in [5.41, 5.74) is 1.92. The van der Waals surface area contributed by atoms with Crippen molar-refractivity contribution >= 4 is 16.8 Å². The number of benzene rings is 1. The summed E-state index contributed by atoms with van der Waals surface area (Å²) < 4.78 is 0. The van der Waals surface area contributed by atoms with Gasteiger partial charge in [0.15, 0.2) is 0 Å². The lowest BCUT2D eigenvalue weighted by Gasteiger charge is -2.34. The number of amides is 1. The molecule has 1 saturated carbocycles. The molecule has 0 N–H and O–H groups in total.